The van der Waals surface area contributed by atoms with Gasteiger partial charge in [0.15, 0.2) is 5.82 Å². The predicted molar refractivity (Wildman–Crippen MR) is 91.8 cm³/mol. The van der Waals surface area contributed by atoms with E-state index in [0.717, 1.165) is 16.8 Å². The quantitative estimate of drug-likeness (QED) is 0.628. The Kier molecular flexibility index (Phi) is 4.44. The summed E-state index contributed by atoms with van der Waals surface area (Å²) in [5, 5.41) is 24.3. The maximum atomic E-state index is 13.0. The molecular weight excluding hydrogens is 334 g/mol. The zero-order valence-electron chi connectivity index (χ0n) is 14.1. The molecule has 0 atom stereocenters. The molecular formula is C17H19N7O2. The Morgan fingerprint density at radius 2 is 2.04 bits per heavy atom. The molecule has 1 saturated heterocycles. The van der Waals surface area contributed by atoms with Crippen molar-refractivity contribution in [2.45, 2.75) is 24.8 Å². The summed E-state index contributed by atoms with van der Waals surface area (Å²) in [4.78, 5) is 13.0. The number of carbonyl (C=O) groups is 1. The first-order valence-corrected chi connectivity index (χ1v) is 8.47. The van der Waals surface area contributed by atoms with E-state index >= 15 is 0 Å². The summed E-state index contributed by atoms with van der Waals surface area (Å²) in [5.41, 5.74) is 2.02. The molecule has 1 fully saturated rings. The number of nitrogens with zero attached hydrogens (tertiary/aromatic N) is 4. The Morgan fingerprint density at radius 3 is 2.77 bits per heavy atom. The lowest BCUT2D eigenvalue weighted by Gasteiger charge is -2.32. The van der Waals surface area contributed by atoms with Gasteiger partial charge in [-0.1, -0.05) is 35.5 Å². The Hall–Kier alpha value is -3.07. The fraction of sp³-hybridized carbons (Fsp3) is 0.353. The first kappa shape index (κ1) is 16.4. The van der Waals surface area contributed by atoms with Crippen LogP contribution in [0, 0.1) is 0 Å². The second-order valence-electron chi connectivity index (χ2n) is 6.25. The molecule has 1 aromatic carbocycles. The van der Waals surface area contributed by atoms with E-state index in [1.54, 1.807) is 6.20 Å². The number of rotatable bonds is 5. The number of ether oxygens (including phenoxy) is 1. The van der Waals surface area contributed by atoms with Crippen LogP contribution in [0.4, 0.5) is 0 Å². The van der Waals surface area contributed by atoms with Gasteiger partial charge in [-0.15, -0.1) is 10.2 Å². The van der Waals surface area contributed by atoms with Crippen molar-refractivity contribution >= 4 is 5.91 Å². The van der Waals surface area contributed by atoms with Crippen LogP contribution in [0.15, 0.2) is 36.5 Å². The van der Waals surface area contributed by atoms with Crippen LogP contribution in [0.3, 0.4) is 0 Å². The number of aromatic amines is 2. The first-order chi connectivity index (χ1) is 12.8. The maximum absolute atomic E-state index is 13.0. The van der Waals surface area contributed by atoms with Gasteiger partial charge in [0.25, 0.3) is 0 Å². The van der Waals surface area contributed by atoms with Gasteiger partial charge in [-0.05, 0) is 18.4 Å². The van der Waals surface area contributed by atoms with Crippen LogP contribution in [0.2, 0.25) is 0 Å². The topological polar surface area (TPSA) is 121 Å². The van der Waals surface area contributed by atoms with Gasteiger partial charge < -0.3 is 10.1 Å². The van der Waals surface area contributed by atoms with Crippen molar-refractivity contribution < 1.29 is 9.53 Å². The Morgan fingerprint density at radius 1 is 1.23 bits per heavy atom. The highest BCUT2D eigenvalue weighted by Gasteiger charge is 2.45. The fourth-order valence-corrected chi connectivity index (χ4v) is 3.28. The van der Waals surface area contributed by atoms with Gasteiger partial charge in [0.05, 0.1) is 11.9 Å². The molecule has 0 unspecified atom stereocenters. The van der Waals surface area contributed by atoms with E-state index in [1.807, 2.05) is 30.3 Å². The predicted octanol–water partition coefficient (Wildman–Crippen LogP) is 0.954. The number of benzene rings is 1. The van der Waals surface area contributed by atoms with Crippen molar-refractivity contribution in [2.75, 3.05) is 13.2 Å². The molecule has 3 aromatic rings. The third-order valence-corrected chi connectivity index (χ3v) is 4.77. The van der Waals surface area contributed by atoms with Crippen LogP contribution in [-0.4, -0.2) is 49.9 Å². The van der Waals surface area contributed by atoms with Gasteiger partial charge in [-0.3, -0.25) is 9.89 Å². The normalized spacial score (nSPS) is 16.3. The molecule has 0 aliphatic carbocycles. The summed E-state index contributed by atoms with van der Waals surface area (Å²) < 4.78 is 5.42. The van der Waals surface area contributed by atoms with Gasteiger partial charge in [0, 0.05) is 25.3 Å². The third-order valence-electron chi connectivity index (χ3n) is 4.77. The van der Waals surface area contributed by atoms with Crippen LogP contribution >= 0.6 is 0 Å². The van der Waals surface area contributed by atoms with E-state index in [-0.39, 0.29) is 5.91 Å². The second kappa shape index (κ2) is 7.04. The first-order valence-electron chi connectivity index (χ1n) is 8.47. The van der Waals surface area contributed by atoms with Gasteiger partial charge >= 0.3 is 0 Å². The standard InChI is InChI=1S/C17H19N7O2/c25-16(17(6-8-26-9-7-17)15-21-23-24-22-15)18-10-13-11-19-20-14(13)12-4-2-1-3-5-12/h1-5,11H,6-10H2,(H,18,25)(H,19,20)(H,21,22,23,24). The number of amides is 1. The van der Waals surface area contributed by atoms with Gasteiger partial charge in [0.1, 0.15) is 5.41 Å². The number of hydrogen-bond acceptors (Lipinski definition) is 6. The van der Waals surface area contributed by atoms with E-state index < -0.39 is 5.41 Å². The Bertz CT molecular complexity index is 854. The number of carbonyl (C=O) groups excluding carboxylic acids is 1. The zero-order chi connectivity index (χ0) is 17.8. The van der Waals surface area contributed by atoms with Crippen molar-refractivity contribution in [1.82, 2.24) is 36.1 Å². The summed E-state index contributed by atoms with van der Waals surface area (Å²) in [6.45, 7) is 1.34. The number of hydrogen-bond donors (Lipinski definition) is 3. The van der Waals surface area contributed by atoms with Crippen LogP contribution in [-0.2, 0) is 21.5 Å². The molecule has 0 spiro atoms. The van der Waals surface area contributed by atoms with Crippen molar-refractivity contribution in [3.63, 3.8) is 0 Å². The average molecular weight is 353 g/mol. The molecule has 1 aliphatic rings. The molecule has 0 radical (unpaired) electrons. The monoisotopic (exact) mass is 353 g/mol. The summed E-state index contributed by atoms with van der Waals surface area (Å²) in [5.74, 6) is 0.288. The highest BCUT2D eigenvalue weighted by molar-refractivity contribution is 5.87. The summed E-state index contributed by atoms with van der Waals surface area (Å²) >= 11 is 0. The van der Waals surface area contributed by atoms with Gasteiger partial charge in [0.2, 0.25) is 5.91 Å². The van der Waals surface area contributed by atoms with Crippen molar-refractivity contribution in [3.05, 3.63) is 47.9 Å². The van der Waals surface area contributed by atoms with Crippen LogP contribution in [0.1, 0.15) is 24.2 Å². The van der Waals surface area contributed by atoms with Gasteiger partial charge in [-0.2, -0.15) is 10.3 Å². The van der Waals surface area contributed by atoms with E-state index in [4.69, 9.17) is 4.74 Å². The summed E-state index contributed by atoms with van der Waals surface area (Å²) in [7, 11) is 0. The molecule has 26 heavy (non-hydrogen) atoms. The SMILES string of the molecule is O=C(NCc1cn[nH]c1-c1ccccc1)C1(c2nn[nH]n2)CCOCC1. The third kappa shape index (κ3) is 2.97. The lowest BCUT2D eigenvalue weighted by Crippen LogP contribution is -2.48. The van der Waals surface area contributed by atoms with Crippen LogP contribution < -0.4 is 5.32 Å². The maximum Gasteiger partial charge on any atom is 0.234 e. The van der Waals surface area contributed by atoms with E-state index in [2.05, 4.69) is 36.1 Å². The van der Waals surface area contributed by atoms with E-state index in [9.17, 15) is 4.79 Å². The molecule has 9 heteroatoms. The fourth-order valence-electron chi connectivity index (χ4n) is 3.28. The van der Waals surface area contributed by atoms with E-state index in [1.165, 1.54) is 0 Å². The average Bonchev–Trinajstić information content (AvgIpc) is 3.39. The largest absolute Gasteiger partial charge is 0.381 e. The number of H-pyrrole nitrogens is 2. The Balaban J connectivity index is 1.53. The molecule has 0 bridgehead atoms. The smallest absolute Gasteiger partial charge is 0.234 e. The highest BCUT2D eigenvalue weighted by atomic mass is 16.5. The van der Waals surface area contributed by atoms with Crippen LogP contribution in [0.25, 0.3) is 11.3 Å². The lowest BCUT2D eigenvalue weighted by molar-refractivity contribution is -0.131. The number of aromatic nitrogens is 6. The molecule has 2 aromatic heterocycles. The molecule has 1 amide bonds. The van der Waals surface area contributed by atoms with Crippen molar-refractivity contribution in [2.24, 2.45) is 0 Å². The van der Waals surface area contributed by atoms with Crippen molar-refractivity contribution in [1.29, 1.82) is 0 Å². The zero-order valence-corrected chi connectivity index (χ0v) is 14.1. The minimum atomic E-state index is -0.818. The Labute approximate surface area is 149 Å². The summed E-state index contributed by atoms with van der Waals surface area (Å²) in [6.07, 6.45) is 2.78. The van der Waals surface area contributed by atoms with E-state index in [0.29, 0.717) is 38.4 Å². The molecule has 3 N–H and O–H groups in total. The molecule has 134 valence electrons. The highest BCUT2D eigenvalue weighted by Crippen LogP contribution is 2.32. The number of nitrogens with one attached hydrogen (secondary N) is 3. The molecule has 1 aliphatic heterocycles. The molecule has 3 heterocycles. The molecule has 0 saturated carbocycles. The van der Waals surface area contributed by atoms with Gasteiger partial charge in [-0.25, -0.2) is 0 Å². The lowest BCUT2D eigenvalue weighted by atomic mass is 9.78. The minimum Gasteiger partial charge on any atom is -0.381 e. The molecule has 4 rings (SSSR count). The van der Waals surface area contributed by atoms with Crippen molar-refractivity contribution in [3.8, 4) is 11.3 Å². The second-order valence-corrected chi connectivity index (χ2v) is 6.25. The summed E-state index contributed by atoms with van der Waals surface area (Å²) in [6, 6.07) is 9.88. The van der Waals surface area contributed by atoms with Crippen LogP contribution in [0.5, 0.6) is 0 Å². The number of tetrazole rings is 1. The molecule has 9 nitrogen and oxygen atoms in total. The minimum absolute atomic E-state index is 0.123.